The van der Waals surface area contributed by atoms with Crippen molar-refractivity contribution in [2.45, 2.75) is 50.7 Å². The van der Waals surface area contributed by atoms with Crippen molar-refractivity contribution in [2.24, 2.45) is 0 Å². The molecule has 1 aliphatic heterocycles. The molecular weight excluding hydrogens is 446 g/mol. The number of methoxy groups -OCH3 is 1. The van der Waals surface area contributed by atoms with Crippen LogP contribution in [0.25, 0.3) is 0 Å². The van der Waals surface area contributed by atoms with E-state index in [1.54, 1.807) is 36.3 Å². The minimum atomic E-state index is -0.837. The summed E-state index contributed by atoms with van der Waals surface area (Å²) in [6.45, 7) is 1.41. The van der Waals surface area contributed by atoms with Crippen LogP contribution in [0.1, 0.15) is 48.9 Å². The topological polar surface area (TPSA) is 106 Å². The lowest BCUT2D eigenvalue weighted by Crippen LogP contribution is -2.60. The number of amides is 2. The molecule has 10 heteroatoms. The zero-order valence-corrected chi connectivity index (χ0v) is 19.7. The molecule has 1 aromatic carbocycles. The van der Waals surface area contributed by atoms with Crippen LogP contribution in [0.4, 0.5) is 0 Å². The van der Waals surface area contributed by atoms with Gasteiger partial charge >= 0.3 is 5.97 Å². The standard InChI is InChI=1S/C23H31N3O6S/c1-30-13-14-31-19-10-6-5-9-17(19)21(28)25-23(33)26-12-11-24-22(29)18(26)15-20(27)32-16-7-3-2-4-8-16/h5-6,9-10,16,18H,2-4,7-8,11-15H2,1H3,(H,24,29)(H,25,28,33). The first-order valence-electron chi connectivity index (χ1n) is 11.3. The van der Waals surface area contributed by atoms with Crippen LogP contribution in [0.2, 0.25) is 0 Å². The van der Waals surface area contributed by atoms with Gasteiger partial charge in [0.2, 0.25) is 5.91 Å². The van der Waals surface area contributed by atoms with E-state index in [9.17, 15) is 14.4 Å². The number of benzene rings is 1. The van der Waals surface area contributed by atoms with Crippen molar-refractivity contribution in [3.8, 4) is 5.75 Å². The summed E-state index contributed by atoms with van der Waals surface area (Å²) in [5.41, 5.74) is 0.311. The first-order chi connectivity index (χ1) is 16.0. The number of carbonyl (C=O) groups excluding carboxylic acids is 3. The van der Waals surface area contributed by atoms with E-state index >= 15 is 0 Å². The summed E-state index contributed by atoms with van der Waals surface area (Å²) in [4.78, 5) is 39.5. The van der Waals surface area contributed by atoms with Gasteiger partial charge in [0.1, 0.15) is 24.5 Å². The number of carbonyl (C=O) groups is 3. The van der Waals surface area contributed by atoms with Gasteiger partial charge in [-0.1, -0.05) is 18.6 Å². The van der Waals surface area contributed by atoms with E-state index in [4.69, 9.17) is 26.4 Å². The van der Waals surface area contributed by atoms with E-state index in [1.807, 2.05) is 0 Å². The van der Waals surface area contributed by atoms with E-state index < -0.39 is 17.9 Å². The van der Waals surface area contributed by atoms with Crippen LogP contribution in [-0.2, 0) is 19.1 Å². The monoisotopic (exact) mass is 477 g/mol. The number of nitrogens with one attached hydrogen (secondary N) is 2. The predicted octanol–water partition coefficient (Wildman–Crippen LogP) is 1.79. The minimum Gasteiger partial charge on any atom is -0.490 e. The number of hydrogen-bond acceptors (Lipinski definition) is 7. The van der Waals surface area contributed by atoms with Crippen LogP contribution in [-0.4, -0.2) is 73.4 Å². The maximum Gasteiger partial charge on any atom is 0.308 e. The van der Waals surface area contributed by atoms with Crippen LogP contribution in [0.3, 0.4) is 0 Å². The summed E-state index contributed by atoms with van der Waals surface area (Å²) in [5, 5.41) is 5.51. The molecule has 1 saturated carbocycles. The number of esters is 1. The lowest BCUT2D eigenvalue weighted by molar-refractivity contribution is -0.153. The second kappa shape index (κ2) is 12.5. The van der Waals surface area contributed by atoms with Crippen LogP contribution >= 0.6 is 12.2 Å². The number of thiocarbonyl (C=S) groups is 1. The van der Waals surface area contributed by atoms with Gasteiger partial charge in [0.15, 0.2) is 5.11 Å². The third-order valence-electron chi connectivity index (χ3n) is 5.70. The number of rotatable bonds is 8. The maximum atomic E-state index is 12.9. The zero-order chi connectivity index (χ0) is 23.6. The Labute approximate surface area is 199 Å². The van der Waals surface area contributed by atoms with Crippen molar-refractivity contribution in [2.75, 3.05) is 33.4 Å². The highest BCUT2D eigenvalue weighted by Gasteiger charge is 2.35. The third kappa shape index (κ3) is 7.13. The van der Waals surface area contributed by atoms with Crippen LogP contribution < -0.4 is 15.4 Å². The molecule has 0 spiro atoms. The first kappa shape index (κ1) is 24.9. The maximum absolute atomic E-state index is 12.9. The Morgan fingerprint density at radius 1 is 1.18 bits per heavy atom. The number of piperazine rings is 1. The fourth-order valence-electron chi connectivity index (χ4n) is 3.99. The van der Waals surface area contributed by atoms with E-state index in [-0.39, 0.29) is 23.5 Å². The molecule has 0 aromatic heterocycles. The highest BCUT2D eigenvalue weighted by Crippen LogP contribution is 2.22. The molecule has 33 heavy (non-hydrogen) atoms. The molecule has 180 valence electrons. The lowest BCUT2D eigenvalue weighted by Gasteiger charge is -2.36. The Bertz CT molecular complexity index is 858. The summed E-state index contributed by atoms with van der Waals surface area (Å²) in [6, 6.07) is 5.96. The molecule has 1 unspecified atom stereocenters. The smallest absolute Gasteiger partial charge is 0.308 e. The Kier molecular flexibility index (Phi) is 9.44. The molecular formula is C23H31N3O6S. The third-order valence-corrected chi connectivity index (χ3v) is 6.04. The summed E-state index contributed by atoms with van der Waals surface area (Å²) < 4.78 is 16.2. The number of ether oxygens (including phenoxy) is 3. The van der Waals surface area contributed by atoms with E-state index in [0.29, 0.717) is 37.6 Å². The highest BCUT2D eigenvalue weighted by molar-refractivity contribution is 7.80. The van der Waals surface area contributed by atoms with Gasteiger partial charge in [-0.2, -0.15) is 0 Å². The molecule has 1 aliphatic carbocycles. The summed E-state index contributed by atoms with van der Waals surface area (Å²) in [5.74, 6) is -0.803. The average molecular weight is 478 g/mol. The average Bonchev–Trinajstić information content (AvgIpc) is 2.81. The molecule has 0 bridgehead atoms. The molecule has 1 aromatic rings. The first-order valence-corrected chi connectivity index (χ1v) is 11.7. The lowest BCUT2D eigenvalue weighted by atomic mass is 9.98. The molecule has 1 saturated heterocycles. The van der Waals surface area contributed by atoms with Crippen molar-refractivity contribution in [1.82, 2.24) is 15.5 Å². The summed E-state index contributed by atoms with van der Waals surface area (Å²) in [7, 11) is 1.57. The molecule has 2 amide bonds. The van der Waals surface area contributed by atoms with Crippen LogP contribution in [0, 0.1) is 0 Å². The van der Waals surface area contributed by atoms with Crippen molar-refractivity contribution in [1.29, 1.82) is 0 Å². The quantitative estimate of drug-likeness (QED) is 0.332. The molecule has 2 N–H and O–H groups in total. The molecule has 3 rings (SSSR count). The van der Waals surface area contributed by atoms with Gasteiger partial charge in [-0.25, -0.2) is 0 Å². The van der Waals surface area contributed by atoms with Crippen molar-refractivity contribution in [3.05, 3.63) is 29.8 Å². The summed E-state index contributed by atoms with van der Waals surface area (Å²) in [6.07, 6.45) is 4.73. The van der Waals surface area contributed by atoms with Gasteiger partial charge in [-0.15, -0.1) is 0 Å². The number of para-hydroxylation sites is 1. The normalized spacial score (nSPS) is 18.9. The van der Waals surface area contributed by atoms with Gasteiger partial charge in [0.25, 0.3) is 5.91 Å². The SMILES string of the molecule is COCCOc1ccccc1C(=O)NC(=S)N1CCNC(=O)C1CC(=O)OC1CCCCC1. The van der Waals surface area contributed by atoms with Gasteiger partial charge in [0.05, 0.1) is 18.6 Å². The van der Waals surface area contributed by atoms with Crippen molar-refractivity contribution in [3.63, 3.8) is 0 Å². The molecule has 1 heterocycles. The van der Waals surface area contributed by atoms with Crippen molar-refractivity contribution >= 4 is 35.1 Å². The Hall–Kier alpha value is -2.72. The number of hydrogen-bond donors (Lipinski definition) is 2. The zero-order valence-electron chi connectivity index (χ0n) is 18.8. The van der Waals surface area contributed by atoms with Crippen molar-refractivity contribution < 1.29 is 28.6 Å². The van der Waals surface area contributed by atoms with Gasteiger partial charge in [0, 0.05) is 20.2 Å². The Balaban J connectivity index is 1.62. The molecule has 2 fully saturated rings. The summed E-state index contributed by atoms with van der Waals surface area (Å²) >= 11 is 5.45. The van der Waals surface area contributed by atoms with E-state index in [2.05, 4.69) is 10.6 Å². The predicted molar refractivity (Wildman–Crippen MR) is 125 cm³/mol. The van der Waals surface area contributed by atoms with Crippen LogP contribution in [0.5, 0.6) is 5.75 Å². The van der Waals surface area contributed by atoms with Crippen LogP contribution in [0.15, 0.2) is 24.3 Å². The second-order valence-electron chi connectivity index (χ2n) is 8.05. The Morgan fingerprint density at radius 3 is 2.70 bits per heavy atom. The van der Waals surface area contributed by atoms with E-state index in [0.717, 1.165) is 32.1 Å². The number of nitrogens with zero attached hydrogens (tertiary/aromatic N) is 1. The molecule has 1 atom stereocenters. The molecule has 9 nitrogen and oxygen atoms in total. The second-order valence-corrected chi connectivity index (χ2v) is 8.44. The Morgan fingerprint density at radius 2 is 1.94 bits per heavy atom. The largest absolute Gasteiger partial charge is 0.490 e. The fourth-order valence-corrected chi connectivity index (χ4v) is 4.30. The minimum absolute atomic E-state index is 0.0806. The van der Waals surface area contributed by atoms with Gasteiger partial charge in [-0.3, -0.25) is 19.7 Å². The fraction of sp³-hybridized carbons (Fsp3) is 0.565. The highest BCUT2D eigenvalue weighted by atomic mass is 32.1. The molecule has 2 aliphatic rings. The van der Waals surface area contributed by atoms with Gasteiger partial charge in [-0.05, 0) is 50.0 Å². The molecule has 0 radical (unpaired) electrons. The van der Waals surface area contributed by atoms with Gasteiger partial charge < -0.3 is 24.4 Å². The van der Waals surface area contributed by atoms with E-state index in [1.165, 1.54) is 0 Å².